The van der Waals surface area contributed by atoms with Gasteiger partial charge in [0.05, 0.1) is 0 Å². The van der Waals surface area contributed by atoms with Crippen LogP contribution in [-0.4, -0.2) is 13.3 Å². The molecule has 0 N–H and O–H groups in total. The van der Waals surface area contributed by atoms with E-state index < -0.39 is 0 Å². The molecule has 0 heterocycles. The molecule has 1 heteroatoms. The lowest BCUT2D eigenvalue weighted by molar-refractivity contribution is 1.47. The van der Waals surface area contributed by atoms with Crippen molar-refractivity contribution in [3.05, 3.63) is 42.0 Å². The molecule has 0 saturated carbocycles. The monoisotopic (exact) mass is 189 g/mol. The minimum Gasteiger partial charge on any atom is -0.296 e. The van der Waals surface area contributed by atoms with E-state index in [0.717, 1.165) is 5.57 Å². The lowest BCUT2D eigenvalue weighted by Crippen LogP contribution is -1.83. The Morgan fingerprint density at radius 3 is 2.14 bits per heavy atom. The third kappa shape index (κ3) is 4.04. The molecule has 1 aromatic carbocycles. The molecule has 0 atom stereocenters. The van der Waals surface area contributed by atoms with E-state index in [0.29, 0.717) is 0 Å². The fourth-order valence-electron chi connectivity index (χ4n) is 1.09. The summed E-state index contributed by atoms with van der Waals surface area (Å²) >= 11 is 0. The Kier molecular flexibility index (Phi) is 7.43. The van der Waals surface area contributed by atoms with E-state index >= 15 is 0 Å². The minimum atomic E-state index is 1.16. The van der Waals surface area contributed by atoms with Crippen LogP contribution in [0, 0.1) is 0 Å². The van der Waals surface area contributed by atoms with Gasteiger partial charge in [-0.05, 0) is 18.1 Å². The molecule has 0 aliphatic rings. The predicted octanol–water partition coefficient (Wildman–Crippen LogP) is 3.82. The van der Waals surface area contributed by atoms with Gasteiger partial charge in [0.25, 0.3) is 0 Å². The summed E-state index contributed by atoms with van der Waals surface area (Å²) in [6.45, 7) is 6.02. The maximum Gasteiger partial charge on any atom is 0.0284 e. The molecular weight excluding hydrogens is 170 g/mol. The Hall–Kier alpha value is -1.37. The summed E-state index contributed by atoms with van der Waals surface area (Å²) in [6.07, 6.45) is 3.93. The van der Waals surface area contributed by atoms with Gasteiger partial charge in [-0.2, -0.15) is 0 Å². The third-order valence-corrected chi connectivity index (χ3v) is 1.69. The van der Waals surface area contributed by atoms with Crippen LogP contribution in [0.2, 0.25) is 0 Å². The van der Waals surface area contributed by atoms with Crippen molar-refractivity contribution in [2.75, 3.05) is 7.05 Å². The molecule has 0 aliphatic heterocycles. The molecule has 0 aromatic heterocycles. The SMILES string of the molecule is C/C=C(\C=NC)c1ccccc1.CC. The normalized spacial score (nSPS) is 11.0. The summed E-state index contributed by atoms with van der Waals surface area (Å²) in [4.78, 5) is 3.99. The Morgan fingerprint density at radius 2 is 1.71 bits per heavy atom. The van der Waals surface area contributed by atoms with Crippen LogP contribution in [0.1, 0.15) is 26.3 Å². The van der Waals surface area contributed by atoms with Crippen LogP contribution in [0.15, 0.2) is 41.4 Å². The zero-order valence-electron chi connectivity index (χ0n) is 9.49. The first-order valence-electron chi connectivity index (χ1n) is 5.02. The summed E-state index contributed by atoms with van der Waals surface area (Å²) in [6, 6.07) is 10.2. The second-order valence-corrected chi connectivity index (χ2v) is 2.50. The number of aliphatic imine (C=N–C) groups is 1. The average molecular weight is 189 g/mol. The van der Waals surface area contributed by atoms with Gasteiger partial charge in [0.2, 0.25) is 0 Å². The fraction of sp³-hybridized carbons (Fsp3) is 0.308. The second-order valence-electron chi connectivity index (χ2n) is 2.50. The van der Waals surface area contributed by atoms with Crippen molar-refractivity contribution in [3.8, 4) is 0 Å². The molecule has 14 heavy (non-hydrogen) atoms. The first kappa shape index (κ1) is 12.6. The highest BCUT2D eigenvalue weighted by molar-refractivity contribution is 6.09. The summed E-state index contributed by atoms with van der Waals surface area (Å²) < 4.78 is 0. The zero-order valence-corrected chi connectivity index (χ0v) is 9.49. The van der Waals surface area contributed by atoms with Gasteiger partial charge in [-0.15, -0.1) is 0 Å². The highest BCUT2D eigenvalue weighted by atomic mass is 14.6. The van der Waals surface area contributed by atoms with Gasteiger partial charge in [0.15, 0.2) is 0 Å². The maximum absolute atomic E-state index is 3.99. The van der Waals surface area contributed by atoms with E-state index in [4.69, 9.17) is 0 Å². The van der Waals surface area contributed by atoms with Gasteiger partial charge in [0.1, 0.15) is 0 Å². The van der Waals surface area contributed by atoms with Crippen molar-refractivity contribution in [2.24, 2.45) is 4.99 Å². The van der Waals surface area contributed by atoms with Crippen molar-refractivity contribution in [2.45, 2.75) is 20.8 Å². The zero-order chi connectivity index (χ0) is 10.8. The largest absolute Gasteiger partial charge is 0.296 e. The Bertz CT molecular complexity index is 283. The quantitative estimate of drug-likeness (QED) is 0.627. The van der Waals surface area contributed by atoms with Crippen LogP contribution >= 0.6 is 0 Å². The lowest BCUT2D eigenvalue weighted by atomic mass is 10.1. The van der Waals surface area contributed by atoms with Crippen molar-refractivity contribution >= 4 is 11.8 Å². The van der Waals surface area contributed by atoms with Gasteiger partial charge in [-0.25, -0.2) is 0 Å². The van der Waals surface area contributed by atoms with E-state index in [1.165, 1.54) is 5.56 Å². The lowest BCUT2D eigenvalue weighted by Gasteiger charge is -1.98. The number of nitrogens with zero attached hydrogens (tertiary/aromatic N) is 1. The highest BCUT2D eigenvalue weighted by Gasteiger charge is 1.93. The molecule has 1 aromatic rings. The maximum atomic E-state index is 3.99. The molecule has 76 valence electrons. The molecule has 0 spiro atoms. The number of hydrogen-bond donors (Lipinski definition) is 0. The summed E-state index contributed by atoms with van der Waals surface area (Å²) in [5.74, 6) is 0. The summed E-state index contributed by atoms with van der Waals surface area (Å²) in [5.41, 5.74) is 2.38. The summed E-state index contributed by atoms with van der Waals surface area (Å²) in [7, 11) is 1.78. The van der Waals surface area contributed by atoms with Crippen LogP contribution in [0.25, 0.3) is 5.57 Å². The average Bonchev–Trinajstić information content (AvgIpc) is 2.30. The topological polar surface area (TPSA) is 12.4 Å². The molecule has 0 aliphatic carbocycles. The van der Waals surface area contributed by atoms with Gasteiger partial charge >= 0.3 is 0 Å². The van der Waals surface area contributed by atoms with E-state index in [9.17, 15) is 0 Å². The minimum absolute atomic E-state index is 1.16. The molecule has 0 fully saturated rings. The van der Waals surface area contributed by atoms with Crippen LogP contribution in [-0.2, 0) is 0 Å². The van der Waals surface area contributed by atoms with Crippen LogP contribution in [0.4, 0.5) is 0 Å². The first-order valence-corrected chi connectivity index (χ1v) is 5.02. The highest BCUT2D eigenvalue weighted by Crippen LogP contribution is 2.10. The first-order chi connectivity index (χ1) is 6.88. The Balaban J connectivity index is 0.000000791. The predicted molar refractivity (Wildman–Crippen MR) is 65.9 cm³/mol. The summed E-state index contributed by atoms with van der Waals surface area (Å²) in [5, 5.41) is 0. The number of benzene rings is 1. The van der Waals surface area contributed by atoms with Crippen LogP contribution in [0.5, 0.6) is 0 Å². The number of rotatable bonds is 2. The number of hydrogen-bond acceptors (Lipinski definition) is 1. The van der Waals surface area contributed by atoms with Gasteiger partial charge in [0, 0.05) is 13.3 Å². The van der Waals surface area contributed by atoms with Crippen LogP contribution in [0.3, 0.4) is 0 Å². The standard InChI is InChI=1S/C11H13N.C2H6/c1-3-10(9-12-2)11-7-5-4-6-8-11;1-2/h3-9H,1-2H3;1-2H3/b10-3+,12-9?;. The third-order valence-electron chi connectivity index (χ3n) is 1.69. The van der Waals surface area contributed by atoms with Gasteiger partial charge in [-0.3, -0.25) is 4.99 Å². The van der Waals surface area contributed by atoms with Gasteiger partial charge < -0.3 is 0 Å². The molecular formula is C13H19N. The molecule has 1 rings (SSSR count). The molecule has 0 amide bonds. The molecule has 0 radical (unpaired) electrons. The molecule has 0 saturated heterocycles. The Labute approximate surface area is 87.2 Å². The smallest absolute Gasteiger partial charge is 0.0284 e. The Morgan fingerprint density at radius 1 is 1.14 bits per heavy atom. The van der Waals surface area contributed by atoms with Crippen molar-refractivity contribution in [1.82, 2.24) is 0 Å². The second kappa shape index (κ2) is 8.24. The van der Waals surface area contributed by atoms with E-state index in [2.05, 4.69) is 23.2 Å². The van der Waals surface area contributed by atoms with Crippen molar-refractivity contribution in [1.29, 1.82) is 0 Å². The van der Waals surface area contributed by atoms with E-state index in [1.54, 1.807) is 7.05 Å². The van der Waals surface area contributed by atoms with E-state index in [1.807, 2.05) is 45.2 Å². The van der Waals surface area contributed by atoms with E-state index in [-0.39, 0.29) is 0 Å². The van der Waals surface area contributed by atoms with Crippen LogP contribution < -0.4 is 0 Å². The van der Waals surface area contributed by atoms with Crippen molar-refractivity contribution in [3.63, 3.8) is 0 Å². The molecule has 0 bridgehead atoms. The fourth-order valence-corrected chi connectivity index (χ4v) is 1.09. The number of allylic oxidation sites excluding steroid dienone is 2. The van der Waals surface area contributed by atoms with Gasteiger partial charge in [-0.1, -0.05) is 50.3 Å². The molecule has 1 nitrogen and oxygen atoms in total. The van der Waals surface area contributed by atoms with Crippen molar-refractivity contribution < 1.29 is 0 Å². The molecule has 0 unspecified atom stereocenters.